The van der Waals surface area contributed by atoms with Crippen molar-refractivity contribution in [3.05, 3.63) is 29.3 Å². The molecule has 2 atom stereocenters. The zero-order valence-corrected chi connectivity index (χ0v) is 10.7. The summed E-state index contributed by atoms with van der Waals surface area (Å²) >= 11 is 0. The molecule has 1 aromatic rings. The van der Waals surface area contributed by atoms with Gasteiger partial charge in [-0.15, -0.1) is 0 Å². The SMILES string of the molecule is COC1CN(c2c(F)cc(C#N)cc2F)CC1OC. The monoisotopic (exact) mass is 268 g/mol. The molecule has 19 heavy (non-hydrogen) atoms. The van der Waals surface area contributed by atoms with Gasteiger partial charge in [-0.25, -0.2) is 8.78 Å². The number of nitrogens with zero attached hydrogens (tertiary/aromatic N) is 2. The molecule has 0 saturated carbocycles. The van der Waals surface area contributed by atoms with Crippen molar-refractivity contribution in [2.45, 2.75) is 12.2 Å². The first kappa shape index (κ1) is 13.7. The van der Waals surface area contributed by atoms with Crippen LogP contribution in [0.5, 0.6) is 0 Å². The summed E-state index contributed by atoms with van der Waals surface area (Å²) in [5, 5.41) is 8.67. The van der Waals surface area contributed by atoms with E-state index in [1.54, 1.807) is 6.07 Å². The molecule has 2 rings (SSSR count). The summed E-state index contributed by atoms with van der Waals surface area (Å²) in [6.45, 7) is 0.684. The standard InChI is InChI=1S/C13H14F2N2O2/c1-18-11-6-17(7-12(11)19-2)13-9(14)3-8(5-16)4-10(13)15/h3-4,11-12H,6-7H2,1-2H3. The highest BCUT2D eigenvalue weighted by Crippen LogP contribution is 2.29. The summed E-state index contributed by atoms with van der Waals surface area (Å²) < 4.78 is 38.2. The minimum Gasteiger partial charge on any atom is -0.377 e. The fraction of sp³-hybridized carbons (Fsp3) is 0.462. The van der Waals surface area contributed by atoms with Crippen LogP contribution in [0.15, 0.2) is 12.1 Å². The minimum atomic E-state index is -0.747. The third-order valence-corrected chi connectivity index (χ3v) is 3.28. The van der Waals surface area contributed by atoms with E-state index in [4.69, 9.17) is 14.7 Å². The third kappa shape index (κ3) is 2.53. The van der Waals surface area contributed by atoms with Crippen molar-refractivity contribution >= 4 is 5.69 Å². The first-order valence-electron chi connectivity index (χ1n) is 5.80. The molecule has 0 N–H and O–H groups in total. The Morgan fingerprint density at radius 1 is 1.16 bits per heavy atom. The van der Waals surface area contributed by atoms with Crippen LogP contribution >= 0.6 is 0 Å². The van der Waals surface area contributed by atoms with E-state index < -0.39 is 11.6 Å². The molecule has 1 fully saturated rings. The molecule has 1 heterocycles. The predicted molar refractivity (Wildman–Crippen MR) is 64.9 cm³/mol. The summed E-state index contributed by atoms with van der Waals surface area (Å²) in [6.07, 6.45) is -0.473. The molecule has 4 nitrogen and oxygen atoms in total. The Hall–Kier alpha value is -1.71. The van der Waals surface area contributed by atoms with Gasteiger partial charge in [-0.2, -0.15) is 5.26 Å². The van der Waals surface area contributed by atoms with Crippen LogP contribution in [-0.2, 0) is 9.47 Å². The van der Waals surface area contributed by atoms with Crippen molar-refractivity contribution in [2.75, 3.05) is 32.2 Å². The highest BCUT2D eigenvalue weighted by molar-refractivity contribution is 5.53. The van der Waals surface area contributed by atoms with Crippen LogP contribution in [0, 0.1) is 23.0 Å². The van der Waals surface area contributed by atoms with Gasteiger partial charge < -0.3 is 14.4 Å². The van der Waals surface area contributed by atoms with Crippen LogP contribution < -0.4 is 4.90 Å². The van der Waals surface area contributed by atoms with Crippen LogP contribution in [0.4, 0.5) is 14.5 Å². The molecule has 0 spiro atoms. The number of hydrogen-bond donors (Lipinski definition) is 0. The average Bonchev–Trinajstić information content (AvgIpc) is 2.80. The molecule has 2 unspecified atom stereocenters. The molecular weight excluding hydrogens is 254 g/mol. The largest absolute Gasteiger partial charge is 0.377 e. The maximum Gasteiger partial charge on any atom is 0.150 e. The van der Waals surface area contributed by atoms with Gasteiger partial charge in [0.15, 0.2) is 11.6 Å². The van der Waals surface area contributed by atoms with Crippen molar-refractivity contribution in [2.24, 2.45) is 0 Å². The van der Waals surface area contributed by atoms with E-state index >= 15 is 0 Å². The Balaban J connectivity index is 2.31. The lowest BCUT2D eigenvalue weighted by molar-refractivity contribution is -0.00461. The number of methoxy groups -OCH3 is 2. The Labute approximate surface area is 110 Å². The Morgan fingerprint density at radius 3 is 2.00 bits per heavy atom. The Morgan fingerprint density at radius 2 is 1.63 bits per heavy atom. The molecular formula is C13H14F2N2O2. The van der Waals surface area contributed by atoms with Gasteiger partial charge in [0.1, 0.15) is 17.9 Å². The number of hydrogen-bond acceptors (Lipinski definition) is 4. The van der Waals surface area contributed by atoms with E-state index in [9.17, 15) is 8.78 Å². The Bertz CT molecular complexity index is 481. The highest BCUT2D eigenvalue weighted by atomic mass is 19.1. The first-order chi connectivity index (χ1) is 9.10. The molecule has 102 valence electrons. The van der Waals surface area contributed by atoms with Crippen molar-refractivity contribution in [1.29, 1.82) is 5.26 Å². The van der Waals surface area contributed by atoms with E-state index in [1.807, 2.05) is 0 Å². The van der Waals surface area contributed by atoms with Gasteiger partial charge in [0, 0.05) is 27.3 Å². The topological polar surface area (TPSA) is 45.5 Å². The smallest absolute Gasteiger partial charge is 0.150 e. The minimum absolute atomic E-state index is 0.0375. The van der Waals surface area contributed by atoms with Crippen LogP contribution in [-0.4, -0.2) is 39.5 Å². The van der Waals surface area contributed by atoms with Crippen molar-refractivity contribution in [3.8, 4) is 6.07 Å². The van der Waals surface area contributed by atoms with Gasteiger partial charge in [-0.1, -0.05) is 0 Å². The second-order valence-electron chi connectivity index (χ2n) is 4.35. The van der Waals surface area contributed by atoms with Gasteiger partial charge in [0.2, 0.25) is 0 Å². The summed E-state index contributed by atoms with van der Waals surface area (Å²) in [5.74, 6) is -1.49. The van der Waals surface area contributed by atoms with E-state index in [0.29, 0.717) is 13.1 Å². The summed E-state index contributed by atoms with van der Waals surface area (Å²) in [7, 11) is 3.07. The van der Waals surface area contributed by atoms with Gasteiger partial charge in [-0.3, -0.25) is 0 Å². The summed E-state index contributed by atoms with van der Waals surface area (Å²) in [4.78, 5) is 1.54. The molecule has 0 amide bonds. The second kappa shape index (κ2) is 5.51. The van der Waals surface area contributed by atoms with Gasteiger partial charge in [-0.05, 0) is 12.1 Å². The molecule has 1 saturated heterocycles. The van der Waals surface area contributed by atoms with E-state index in [2.05, 4.69) is 0 Å². The molecule has 1 aliphatic heterocycles. The number of nitriles is 1. The normalized spacial score (nSPS) is 22.6. The number of benzene rings is 1. The highest BCUT2D eigenvalue weighted by Gasteiger charge is 2.35. The summed E-state index contributed by atoms with van der Waals surface area (Å²) in [5.41, 5.74) is -0.176. The maximum atomic E-state index is 13.9. The zero-order valence-electron chi connectivity index (χ0n) is 10.7. The van der Waals surface area contributed by atoms with Gasteiger partial charge in [0.05, 0.1) is 11.6 Å². The number of ether oxygens (including phenoxy) is 2. The zero-order chi connectivity index (χ0) is 14.0. The van der Waals surface area contributed by atoms with Crippen LogP contribution in [0.2, 0.25) is 0 Å². The molecule has 1 aliphatic rings. The molecule has 0 aromatic heterocycles. The van der Waals surface area contributed by atoms with Crippen LogP contribution in [0.3, 0.4) is 0 Å². The molecule has 0 bridgehead atoms. The number of rotatable bonds is 3. The fourth-order valence-corrected chi connectivity index (χ4v) is 2.31. The van der Waals surface area contributed by atoms with Gasteiger partial charge in [0.25, 0.3) is 0 Å². The second-order valence-corrected chi connectivity index (χ2v) is 4.35. The van der Waals surface area contributed by atoms with Gasteiger partial charge >= 0.3 is 0 Å². The summed E-state index contributed by atoms with van der Waals surface area (Å²) in [6, 6.07) is 3.77. The lowest BCUT2D eigenvalue weighted by Gasteiger charge is -2.19. The molecule has 1 aromatic carbocycles. The molecule has 0 radical (unpaired) electrons. The average molecular weight is 268 g/mol. The quantitative estimate of drug-likeness (QED) is 0.837. The lowest BCUT2D eigenvalue weighted by Crippen LogP contribution is -2.27. The lowest BCUT2D eigenvalue weighted by atomic mass is 10.2. The van der Waals surface area contributed by atoms with Crippen molar-refractivity contribution < 1.29 is 18.3 Å². The van der Waals surface area contributed by atoms with Crippen molar-refractivity contribution in [1.82, 2.24) is 0 Å². The third-order valence-electron chi connectivity index (χ3n) is 3.28. The number of anilines is 1. The van der Waals surface area contributed by atoms with Crippen molar-refractivity contribution in [3.63, 3.8) is 0 Å². The number of halogens is 2. The van der Waals surface area contributed by atoms with Crippen LogP contribution in [0.1, 0.15) is 5.56 Å². The van der Waals surface area contributed by atoms with E-state index in [0.717, 1.165) is 12.1 Å². The maximum absolute atomic E-state index is 13.9. The fourth-order valence-electron chi connectivity index (χ4n) is 2.31. The molecule has 0 aliphatic carbocycles. The van der Waals surface area contributed by atoms with Crippen LogP contribution in [0.25, 0.3) is 0 Å². The Kier molecular flexibility index (Phi) is 3.98. The first-order valence-corrected chi connectivity index (χ1v) is 5.80. The van der Waals surface area contributed by atoms with E-state index in [-0.39, 0.29) is 23.5 Å². The molecule has 6 heteroatoms. The predicted octanol–water partition coefficient (Wildman–Crippen LogP) is 1.69. The van der Waals surface area contributed by atoms with E-state index in [1.165, 1.54) is 19.1 Å².